The Bertz CT molecular complexity index is 513. The van der Waals surface area contributed by atoms with Crippen molar-refractivity contribution in [2.75, 3.05) is 11.9 Å². The largest absolute Gasteiger partial charge is 0.508 e. The molecule has 0 atom stereocenters. The molecule has 102 valence electrons. The number of carbonyl (C=O) groups excluding carboxylic acids is 2. The quantitative estimate of drug-likeness (QED) is 0.581. The molecule has 0 unspecified atom stereocenters. The molecule has 0 aromatic heterocycles. The van der Waals surface area contributed by atoms with E-state index in [1.54, 1.807) is 0 Å². The van der Waals surface area contributed by atoms with Gasteiger partial charge < -0.3 is 20.8 Å². The zero-order chi connectivity index (χ0) is 14.4. The van der Waals surface area contributed by atoms with Crippen molar-refractivity contribution in [3.05, 3.63) is 23.8 Å². The zero-order valence-corrected chi connectivity index (χ0v) is 10.3. The van der Waals surface area contributed by atoms with E-state index in [0.717, 1.165) is 6.07 Å². The molecule has 0 heterocycles. The predicted octanol–water partition coefficient (Wildman–Crippen LogP) is 0.555. The van der Waals surface area contributed by atoms with E-state index in [1.165, 1.54) is 19.1 Å². The Hall–Kier alpha value is -2.57. The van der Waals surface area contributed by atoms with Gasteiger partial charge in [-0.1, -0.05) is 0 Å². The number of phenolic OH excluding ortho intramolecular Hbond substituents is 1. The first-order valence-corrected chi connectivity index (χ1v) is 5.50. The number of nitrogens with one attached hydrogen (secondary N) is 2. The van der Waals surface area contributed by atoms with Crippen molar-refractivity contribution in [2.45, 2.75) is 13.3 Å². The third-order valence-corrected chi connectivity index (χ3v) is 2.23. The van der Waals surface area contributed by atoms with Crippen molar-refractivity contribution < 1.29 is 24.6 Å². The lowest BCUT2D eigenvalue weighted by molar-refractivity contribution is -0.119. The van der Waals surface area contributed by atoms with Gasteiger partial charge in [0.2, 0.25) is 11.8 Å². The normalized spacial score (nSPS) is 9.74. The van der Waals surface area contributed by atoms with Crippen molar-refractivity contribution in [1.82, 2.24) is 5.32 Å². The highest BCUT2D eigenvalue weighted by Crippen LogP contribution is 2.21. The molecule has 2 amide bonds. The van der Waals surface area contributed by atoms with Crippen molar-refractivity contribution in [3.8, 4) is 5.75 Å². The van der Waals surface area contributed by atoms with Crippen LogP contribution >= 0.6 is 0 Å². The van der Waals surface area contributed by atoms with Gasteiger partial charge in [-0.25, -0.2) is 4.79 Å². The minimum atomic E-state index is -1.26. The lowest BCUT2D eigenvalue weighted by Gasteiger charge is -2.09. The fraction of sp³-hybridized carbons (Fsp3) is 0.250. The van der Waals surface area contributed by atoms with Crippen LogP contribution in [0.5, 0.6) is 5.75 Å². The summed E-state index contributed by atoms with van der Waals surface area (Å²) in [4.78, 5) is 33.1. The van der Waals surface area contributed by atoms with Crippen molar-refractivity contribution in [2.24, 2.45) is 0 Å². The second-order valence-corrected chi connectivity index (χ2v) is 3.82. The molecule has 0 spiro atoms. The zero-order valence-electron chi connectivity index (χ0n) is 10.3. The average Bonchev–Trinajstić information content (AvgIpc) is 2.30. The van der Waals surface area contributed by atoms with Gasteiger partial charge in [-0.15, -0.1) is 0 Å². The second kappa shape index (κ2) is 6.39. The standard InChI is InChI=1S/C12H14N2O5/c1-7(15)13-5-4-11(17)14-10-3-2-8(16)6-9(10)12(18)19/h2-3,6,16H,4-5H2,1H3,(H,13,15)(H,14,17)(H,18,19). The first kappa shape index (κ1) is 14.5. The van der Waals surface area contributed by atoms with Gasteiger partial charge in [0.05, 0.1) is 11.3 Å². The number of rotatable bonds is 5. The van der Waals surface area contributed by atoms with Gasteiger partial charge >= 0.3 is 5.97 Å². The molecule has 0 aliphatic heterocycles. The molecule has 0 radical (unpaired) electrons. The SMILES string of the molecule is CC(=O)NCCC(=O)Nc1ccc(O)cc1C(=O)O. The van der Waals surface area contributed by atoms with Gasteiger partial charge in [-0.3, -0.25) is 9.59 Å². The number of carboxylic acid groups (broad SMARTS) is 1. The Balaban J connectivity index is 2.68. The number of aromatic carboxylic acids is 1. The summed E-state index contributed by atoms with van der Waals surface area (Å²) in [6.45, 7) is 1.50. The minimum Gasteiger partial charge on any atom is -0.508 e. The molecule has 1 aromatic rings. The number of hydrogen-bond donors (Lipinski definition) is 4. The minimum absolute atomic E-state index is 0.0273. The van der Waals surface area contributed by atoms with Crippen molar-refractivity contribution in [3.63, 3.8) is 0 Å². The maximum Gasteiger partial charge on any atom is 0.337 e. The fourth-order valence-corrected chi connectivity index (χ4v) is 1.38. The number of carboxylic acids is 1. The molecule has 7 nitrogen and oxygen atoms in total. The molecule has 0 bridgehead atoms. The lowest BCUT2D eigenvalue weighted by Crippen LogP contribution is -2.25. The third-order valence-electron chi connectivity index (χ3n) is 2.23. The maximum atomic E-state index is 11.5. The van der Waals surface area contributed by atoms with Crippen molar-refractivity contribution in [1.29, 1.82) is 0 Å². The molecule has 0 saturated heterocycles. The smallest absolute Gasteiger partial charge is 0.337 e. The maximum absolute atomic E-state index is 11.5. The Morgan fingerprint density at radius 2 is 1.95 bits per heavy atom. The predicted molar refractivity (Wildman–Crippen MR) is 67.0 cm³/mol. The molecule has 0 saturated carbocycles. The van der Waals surface area contributed by atoms with Gasteiger partial charge in [0.25, 0.3) is 0 Å². The summed E-state index contributed by atoms with van der Waals surface area (Å²) in [5.41, 5.74) is -0.106. The van der Waals surface area contributed by atoms with Crippen LogP contribution in [0.15, 0.2) is 18.2 Å². The highest BCUT2D eigenvalue weighted by atomic mass is 16.4. The third kappa shape index (κ3) is 4.66. The van der Waals surface area contributed by atoms with Gasteiger partial charge in [0, 0.05) is 19.9 Å². The fourth-order valence-electron chi connectivity index (χ4n) is 1.38. The molecule has 4 N–H and O–H groups in total. The molecule has 1 aromatic carbocycles. The first-order chi connectivity index (χ1) is 8.90. The van der Waals surface area contributed by atoms with Crippen LogP contribution in [0.4, 0.5) is 5.69 Å². The summed E-state index contributed by atoms with van der Waals surface area (Å²) in [5, 5.41) is 23.0. The van der Waals surface area contributed by atoms with Gasteiger partial charge in [0.1, 0.15) is 5.75 Å². The molecule has 7 heteroatoms. The van der Waals surface area contributed by atoms with Crippen LogP contribution in [-0.2, 0) is 9.59 Å². The summed E-state index contributed by atoms with van der Waals surface area (Å²) in [6, 6.07) is 3.62. The Labute approximate surface area is 109 Å². The van der Waals surface area contributed by atoms with Crippen LogP contribution < -0.4 is 10.6 Å². The second-order valence-electron chi connectivity index (χ2n) is 3.82. The van der Waals surface area contributed by atoms with E-state index in [1.807, 2.05) is 0 Å². The van der Waals surface area contributed by atoms with E-state index in [0.29, 0.717) is 0 Å². The Kier molecular flexibility index (Phi) is 4.87. The number of hydrogen-bond acceptors (Lipinski definition) is 4. The van der Waals surface area contributed by atoms with Crippen LogP contribution in [0.2, 0.25) is 0 Å². The number of aromatic hydroxyl groups is 1. The number of carbonyl (C=O) groups is 3. The van der Waals surface area contributed by atoms with E-state index in [4.69, 9.17) is 5.11 Å². The Morgan fingerprint density at radius 1 is 1.26 bits per heavy atom. The van der Waals surface area contributed by atoms with Crippen molar-refractivity contribution >= 4 is 23.5 Å². The molecule has 0 aliphatic rings. The van der Waals surface area contributed by atoms with Crippen LogP contribution in [0.1, 0.15) is 23.7 Å². The Morgan fingerprint density at radius 3 is 2.53 bits per heavy atom. The molecular formula is C12H14N2O5. The van der Waals surface area contributed by atoms with Crippen LogP contribution in [0.25, 0.3) is 0 Å². The topological polar surface area (TPSA) is 116 Å². The van der Waals surface area contributed by atoms with Crippen LogP contribution in [0, 0.1) is 0 Å². The summed E-state index contributed by atoms with van der Waals surface area (Å²) in [7, 11) is 0. The van der Waals surface area contributed by atoms with Gasteiger partial charge in [-0.05, 0) is 18.2 Å². The van der Waals surface area contributed by atoms with Gasteiger partial charge in [-0.2, -0.15) is 0 Å². The van der Waals surface area contributed by atoms with E-state index in [2.05, 4.69) is 10.6 Å². The summed E-state index contributed by atoms with van der Waals surface area (Å²) < 4.78 is 0. The summed E-state index contributed by atoms with van der Waals surface area (Å²) >= 11 is 0. The number of benzene rings is 1. The average molecular weight is 266 g/mol. The van der Waals surface area contributed by atoms with E-state index in [9.17, 15) is 19.5 Å². The molecule has 19 heavy (non-hydrogen) atoms. The first-order valence-electron chi connectivity index (χ1n) is 5.50. The van der Waals surface area contributed by atoms with Crippen LogP contribution in [0.3, 0.4) is 0 Å². The van der Waals surface area contributed by atoms with E-state index in [-0.39, 0.29) is 35.9 Å². The highest BCUT2D eigenvalue weighted by molar-refractivity contribution is 6.00. The number of anilines is 1. The number of amides is 2. The summed E-state index contributed by atoms with van der Waals surface area (Å²) in [5.74, 6) is -2.13. The van der Waals surface area contributed by atoms with Gasteiger partial charge in [0.15, 0.2) is 0 Å². The monoisotopic (exact) mass is 266 g/mol. The van der Waals surface area contributed by atoms with E-state index >= 15 is 0 Å². The lowest BCUT2D eigenvalue weighted by atomic mass is 10.1. The molecule has 0 aliphatic carbocycles. The number of phenols is 1. The van der Waals surface area contributed by atoms with E-state index < -0.39 is 11.9 Å². The molecule has 1 rings (SSSR count). The summed E-state index contributed by atoms with van der Waals surface area (Å²) in [6.07, 6.45) is 0.0273. The molecular weight excluding hydrogens is 252 g/mol. The van der Waals surface area contributed by atoms with Crippen LogP contribution in [-0.4, -0.2) is 34.5 Å². The highest BCUT2D eigenvalue weighted by Gasteiger charge is 2.13. The molecule has 0 fully saturated rings.